The number of imide groups is 1. The van der Waals surface area contributed by atoms with Crippen LogP contribution in [0.25, 0.3) is 21.9 Å². The van der Waals surface area contributed by atoms with Gasteiger partial charge in [-0.1, -0.05) is 73.1 Å². The number of benzene rings is 5. The zero-order chi connectivity index (χ0) is 50.3. The Morgan fingerprint density at radius 1 is 0.875 bits per heavy atom. The van der Waals surface area contributed by atoms with Crippen LogP contribution in [0.5, 0.6) is 11.5 Å². The zero-order valence-electron chi connectivity index (χ0n) is 40.4. The highest BCUT2D eigenvalue weighted by molar-refractivity contribution is 6.34. The van der Waals surface area contributed by atoms with E-state index in [-0.39, 0.29) is 71.2 Å². The van der Waals surface area contributed by atoms with Crippen LogP contribution < -0.4 is 30.7 Å². The Morgan fingerprint density at radius 2 is 1.60 bits per heavy atom. The number of nitrogens with two attached hydrogens (primary N) is 1. The second-order valence-corrected chi connectivity index (χ2v) is 20.5. The predicted octanol–water partition coefficient (Wildman–Crippen LogP) is 8.77. The van der Waals surface area contributed by atoms with E-state index in [1.54, 1.807) is 4.90 Å². The molecule has 5 aromatic carbocycles. The van der Waals surface area contributed by atoms with E-state index in [9.17, 15) is 24.3 Å². The molecule has 10 rings (SSSR count). The van der Waals surface area contributed by atoms with Gasteiger partial charge in [-0.05, 0) is 117 Å². The minimum Gasteiger partial charge on any atom is -0.488 e. The highest BCUT2D eigenvalue weighted by Gasteiger charge is 2.50. The third-order valence-corrected chi connectivity index (χ3v) is 16.5. The lowest BCUT2D eigenvalue weighted by molar-refractivity contribution is -0.138. The van der Waals surface area contributed by atoms with Gasteiger partial charge >= 0.3 is 6.03 Å². The van der Waals surface area contributed by atoms with Crippen molar-refractivity contribution < 1.29 is 42.5 Å². The van der Waals surface area contributed by atoms with Gasteiger partial charge in [-0.25, -0.2) is 13.6 Å². The Kier molecular flexibility index (Phi) is 14.3. The molecular formula is C56H61ClF2N6O7. The standard InChI is InChI=1S/C56H61ClF2N6O7/c1-33-48-46(31-44(58)51(57)50(48)49-43(53(60)68)15-16-45(52(49)59)71-28-27-66)72-56(33,39-5-3-2-4-6-39)32-61-40-12-9-35(10-13-40)54(69)64-24-19-41(20-25-64)63-22-17-34(18-23-63)36-7-8-38-30-42(14-11-37(38)29-36)65-26-21-47(67)62-55(65)70/h2-8,11,14-16,29-31,33-35,40-41,61,66H,9-10,12-13,17-28,32H2,1H3,(H2,60,68)(H,62,67,70)/t33-,35?,40?,56-/m0/s1. The topological polar surface area (TPSA) is 167 Å². The summed E-state index contributed by atoms with van der Waals surface area (Å²) >= 11 is 6.73. The molecule has 5 amide bonds. The summed E-state index contributed by atoms with van der Waals surface area (Å²) in [5, 5.41) is 17.3. The van der Waals surface area contributed by atoms with E-state index < -0.39 is 34.1 Å². The smallest absolute Gasteiger partial charge is 0.328 e. The normalized spacial score (nSPS) is 23.2. The number of ether oxygens (including phenoxy) is 2. The maximum Gasteiger partial charge on any atom is 0.328 e. The van der Waals surface area contributed by atoms with E-state index in [1.807, 2.05) is 49.4 Å². The number of likely N-dealkylation sites (tertiary alicyclic amines) is 2. The van der Waals surface area contributed by atoms with Crippen LogP contribution in [0.3, 0.4) is 0 Å². The van der Waals surface area contributed by atoms with E-state index >= 15 is 8.78 Å². The molecule has 16 heteroatoms. The quantitative estimate of drug-likeness (QED) is 0.0902. The van der Waals surface area contributed by atoms with Crippen LogP contribution in [-0.4, -0.2) is 103 Å². The first-order valence-corrected chi connectivity index (χ1v) is 25.7. The summed E-state index contributed by atoms with van der Waals surface area (Å²) in [6, 6.07) is 26.2. The summed E-state index contributed by atoms with van der Waals surface area (Å²) < 4.78 is 44.6. The van der Waals surface area contributed by atoms with E-state index in [0.29, 0.717) is 37.0 Å². The van der Waals surface area contributed by atoms with E-state index in [1.165, 1.54) is 23.8 Å². The second-order valence-electron chi connectivity index (χ2n) is 20.1. The van der Waals surface area contributed by atoms with Crippen molar-refractivity contribution >= 4 is 51.8 Å². The van der Waals surface area contributed by atoms with Gasteiger partial charge in [0.1, 0.15) is 18.2 Å². The van der Waals surface area contributed by atoms with Gasteiger partial charge in [0.05, 0.1) is 17.2 Å². The molecule has 0 radical (unpaired) electrons. The lowest BCUT2D eigenvalue weighted by Gasteiger charge is -2.43. The first-order valence-electron chi connectivity index (χ1n) is 25.4. The molecule has 2 atom stereocenters. The monoisotopic (exact) mass is 1000 g/mol. The molecule has 5 aromatic rings. The number of carbonyl (C=O) groups excluding carboxylic acids is 4. The lowest BCUT2D eigenvalue weighted by atomic mass is 9.77. The van der Waals surface area contributed by atoms with Crippen molar-refractivity contribution in [2.75, 3.05) is 57.4 Å². The molecule has 5 aliphatic rings. The maximum atomic E-state index is 16.5. The number of piperidine rings is 2. The number of hydrogen-bond acceptors (Lipinski definition) is 9. The summed E-state index contributed by atoms with van der Waals surface area (Å²) in [6.45, 7) is 5.58. The molecule has 0 spiro atoms. The number of rotatable bonds is 13. The number of halogens is 3. The number of nitrogens with zero attached hydrogens (tertiary/aromatic N) is 3. The van der Waals surface area contributed by atoms with Crippen LogP contribution in [0, 0.1) is 17.6 Å². The average Bonchev–Trinajstić information content (AvgIpc) is 3.68. The first kappa shape index (κ1) is 49.4. The third kappa shape index (κ3) is 9.52. The number of aliphatic hydroxyl groups excluding tert-OH is 1. The summed E-state index contributed by atoms with van der Waals surface area (Å²) in [5.41, 5.74) is 7.46. The van der Waals surface area contributed by atoms with Gasteiger partial charge in [0.2, 0.25) is 17.7 Å². The van der Waals surface area contributed by atoms with Crippen LogP contribution in [0.4, 0.5) is 19.3 Å². The van der Waals surface area contributed by atoms with Gasteiger partial charge in [-0.15, -0.1) is 0 Å². The Morgan fingerprint density at radius 3 is 2.31 bits per heavy atom. The Balaban J connectivity index is 0.742. The minimum atomic E-state index is -1.10. The van der Waals surface area contributed by atoms with E-state index in [0.717, 1.165) is 99.6 Å². The number of fused-ring (bicyclic) bond motifs is 2. The van der Waals surface area contributed by atoms with Crippen LogP contribution >= 0.6 is 11.6 Å². The molecule has 4 fully saturated rings. The van der Waals surface area contributed by atoms with Crippen molar-refractivity contribution in [2.24, 2.45) is 11.7 Å². The van der Waals surface area contributed by atoms with Gasteiger partial charge < -0.3 is 35.4 Å². The SMILES string of the molecule is C[C@H]1c2c(cc(F)c(Cl)c2-c2c(C(N)=O)ccc(OCCO)c2F)O[C@]1(CNC1CCC(C(=O)N2CCC(N3CCC(c4ccc5cc(N6CCC(=O)NC6=O)ccc5c4)CC3)CC2)CC1)c1ccccc1. The van der Waals surface area contributed by atoms with Crippen molar-refractivity contribution in [2.45, 2.75) is 94.2 Å². The van der Waals surface area contributed by atoms with Gasteiger partial charge in [-0.2, -0.15) is 0 Å². The fraction of sp³-hybridized carbons (Fsp3) is 0.429. The highest BCUT2D eigenvalue weighted by Crippen LogP contribution is 2.56. The second kappa shape index (κ2) is 20.8. The molecule has 4 aliphatic heterocycles. The molecule has 1 aliphatic carbocycles. The number of primary amides is 1. The number of amides is 5. The van der Waals surface area contributed by atoms with Crippen molar-refractivity contribution in [3.8, 4) is 22.6 Å². The molecule has 72 heavy (non-hydrogen) atoms. The number of anilines is 1. The largest absolute Gasteiger partial charge is 0.488 e. The third-order valence-electron chi connectivity index (χ3n) is 16.1. The van der Waals surface area contributed by atoms with Gasteiger partial charge in [0.15, 0.2) is 17.2 Å². The highest BCUT2D eigenvalue weighted by atomic mass is 35.5. The molecule has 378 valence electrons. The van der Waals surface area contributed by atoms with Crippen molar-refractivity contribution in [1.82, 2.24) is 20.4 Å². The van der Waals surface area contributed by atoms with Crippen molar-refractivity contribution in [3.05, 3.63) is 124 Å². The molecule has 5 N–H and O–H groups in total. The van der Waals surface area contributed by atoms with Crippen molar-refractivity contribution in [1.29, 1.82) is 0 Å². The fourth-order valence-corrected chi connectivity index (χ4v) is 12.4. The van der Waals surface area contributed by atoms with E-state index in [2.05, 4.69) is 44.7 Å². The summed E-state index contributed by atoms with van der Waals surface area (Å²) in [4.78, 5) is 57.2. The predicted molar refractivity (Wildman–Crippen MR) is 271 cm³/mol. The summed E-state index contributed by atoms with van der Waals surface area (Å²) in [7, 11) is 0. The average molecular weight is 1000 g/mol. The Labute approximate surface area is 422 Å². The number of aliphatic hydroxyl groups is 1. The molecule has 13 nitrogen and oxygen atoms in total. The molecule has 0 bridgehead atoms. The van der Waals surface area contributed by atoms with Crippen LogP contribution in [0.1, 0.15) is 104 Å². The van der Waals surface area contributed by atoms with E-state index in [4.69, 9.17) is 26.8 Å². The van der Waals surface area contributed by atoms with Gasteiger partial charge in [0.25, 0.3) is 0 Å². The lowest BCUT2D eigenvalue weighted by Crippen LogP contribution is -2.51. The number of urea groups is 1. The minimum absolute atomic E-state index is 0.0482. The molecule has 1 saturated carbocycles. The number of carbonyl (C=O) groups is 4. The number of nitrogens with one attached hydrogen (secondary N) is 2. The Bertz CT molecular complexity index is 2880. The summed E-state index contributed by atoms with van der Waals surface area (Å²) in [5.74, 6) is -2.98. The zero-order valence-corrected chi connectivity index (χ0v) is 41.2. The van der Waals surface area contributed by atoms with Crippen LogP contribution in [-0.2, 0) is 15.2 Å². The molecule has 4 heterocycles. The maximum absolute atomic E-state index is 16.5. The Hall–Kier alpha value is -6.13. The van der Waals surface area contributed by atoms with Crippen molar-refractivity contribution in [3.63, 3.8) is 0 Å². The fourth-order valence-electron chi connectivity index (χ4n) is 12.1. The first-order chi connectivity index (χ1) is 34.8. The van der Waals surface area contributed by atoms with Gasteiger partial charge in [-0.3, -0.25) is 24.6 Å². The number of hydrogen-bond donors (Lipinski definition) is 4. The van der Waals surface area contributed by atoms with Crippen LogP contribution in [0.2, 0.25) is 5.02 Å². The molecular weight excluding hydrogens is 942 g/mol. The molecule has 0 unspecified atom stereocenters. The van der Waals surface area contributed by atoms with Crippen LogP contribution in [0.15, 0.2) is 84.9 Å². The molecule has 0 aromatic heterocycles. The molecule has 3 saturated heterocycles. The van der Waals surface area contributed by atoms with Gasteiger partial charge in [0, 0.05) is 85.0 Å². The summed E-state index contributed by atoms with van der Waals surface area (Å²) in [6.07, 6.45) is 7.45.